The summed E-state index contributed by atoms with van der Waals surface area (Å²) in [4.78, 5) is 0. The first-order chi connectivity index (χ1) is 11.3. The molecule has 0 saturated carbocycles. The Balaban J connectivity index is 3.32. The van der Waals surface area contributed by atoms with Crippen LogP contribution in [0.25, 0.3) is 0 Å². The van der Waals surface area contributed by atoms with Crippen molar-refractivity contribution in [3.05, 3.63) is 30.3 Å². The average molecular weight is 371 g/mol. The topological polar surface area (TPSA) is 36.9 Å². The van der Waals surface area contributed by atoms with E-state index in [9.17, 15) is 0 Å². The van der Waals surface area contributed by atoms with Gasteiger partial charge in [-0.3, -0.25) is 0 Å². The van der Waals surface area contributed by atoms with Crippen molar-refractivity contribution in [2.45, 2.75) is 66.0 Å². The van der Waals surface area contributed by atoms with E-state index in [4.69, 9.17) is 17.7 Å². The number of hydrogen-bond acceptors (Lipinski definition) is 4. The van der Waals surface area contributed by atoms with E-state index in [1.54, 1.807) is 0 Å². The molecule has 4 nitrogen and oxygen atoms in total. The summed E-state index contributed by atoms with van der Waals surface area (Å²) in [7, 11) is -5.09. The molecule has 0 heterocycles. The van der Waals surface area contributed by atoms with Crippen LogP contribution in [0.1, 0.15) is 41.5 Å². The summed E-state index contributed by atoms with van der Waals surface area (Å²) in [5, 5.41) is 1.14. The number of benzene rings is 1. The van der Waals surface area contributed by atoms with Gasteiger partial charge in [0.2, 0.25) is 0 Å². The standard InChI is InChI=1S/C18H34O4Si2/c1-8-19-23(7,20-9-2)15-24(21-16(3)4,22-17(5)6)18-13-11-10-12-14-18/h10-14,16-17H,8-9,15H2,1-7H3. The zero-order valence-corrected chi connectivity index (χ0v) is 18.3. The predicted molar refractivity (Wildman–Crippen MR) is 104 cm³/mol. The fourth-order valence-corrected chi connectivity index (χ4v) is 12.5. The fourth-order valence-electron chi connectivity index (χ4n) is 2.98. The van der Waals surface area contributed by atoms with Crippen LogP contribution in [0.4, 0.5) is 0 Å². The minimum Gasteiger partial charge on any atom is -0.395 e. The summed E-state index contributed by atoms with van der Waals surface area (Å²) in [6.45, 7) is 15.7. The van der Waals surface area contributed by atoms with E-state index >= 15 is 0 Å². The molecule has 1 aromatic rings. The third-order valence-corrected chi connectivity index (χ3v) is 12.7. The summed E-state index contributed by atoms with van der Waals surface area (Å²) < 4.78 is 25.2. The second-order valence-corrected chi connectivity index (χ2v) is 13.4. The lowest BCUT2D eigenvalue weighted by Crippen LogP contribution is -2.62. The van der Waals surface area contributed by atoms with E-state index < -0.39 is 17.1 Å². The van der Waals surface area contributed by atoms with Crippen molar-refractivity contribution < 1.29 is 17.7 Å². The van der Waals surface area contributed by atoms with Gasteiger partial charge >= 0.3 is 17.1 Å². The van der Waals surface area contributed by atoms with Gasteiger partial charge in [0, 0.05) is 31.1 Å². The van der Waals surface area contributed by atoms with Gasteiger partial charge in [0.05, 0.1) is 0 Å². The molecule has 138 valence electrons. The van der Waals surface area contributed by atoms with Gasteiger partial charge in [-0.15, -0.1) is 0 Å². The van der Waals surface area contributed by atoms with Crippen LogP contribution in [0, 0.1) is 0 Å². The highest BCUT2D eigenvalue weighted by Crippen LogP contribution is 2.27. The Morgan fingerprint density at radius 2 is 1.29 bits per heavy atom. The average Bonchev–Trinajstić information content (AvgIpc) is 2.46. The Bertz CT molecular complexity index is 449. The van der Waals surface area contributed by atoms with Gasteiger partial charge in [-0.1, -0.05) is 30.3 Å². The summed E-state index contributed by atoms with van der Waals surface area (Å²) in [5.41, 5.74) is 0.724. The maximum atomic E-state index is 6.51. The van der Waals surface area contributed by atoms with Crippen molar-refractivity contribution in [2.24, 2.45) is 0 Å². The molecule has 1 rings (SSSR count). The molecule has 0 aliphatic rings. The molecule has 24 heavy (non-hydrogen) atoms. The van der Waals surface area contributed by atoms with Gasteiger partial charge in [-0.2, -0.15) is 0 Å². The molecule has 0 saturated heterocycles. The molecule has 0 spiro atoms. The molecule has 0 aliphatic carbocycles. The van der Waals surface area contributed by atoms with Crippen LogP contribution >= 0.6 is 0 Å². The van der Waals surface area contributed by atoms with Crippen molar-refractivity contribution >= 4 is 22.3 Å². The predicted octanol–water partition coefficient (Wildman–Crippen LogP) is 3.87. The summed E-state index contributed by atoms with van der Waals surface area (Å²) in [6.07, 6.45) is 0.161. The van der Waals surface area contributed by atoms with Crippen LogP contribution in [-0.4, -0.2) is 42.5 Å². The normalized spacial score (nSPS) is 13.0. The zero-order chi connectivity index (χ0) is 18.2. The molecule has 0 atom stereocenters. The SMILES string of the molecule is CCO[Si](C)(C[Si](OC(C)C)(OC(C)C)c1ccccc1)OCC. The summed E-state index contributed by atoms with van der Waals surface area (Å²) in [5.74, 6) is 0. The molecule has 0 bridgehead atoms. The minimum atomic E-state index is -2.70. The van der Waals surface area contributed by atoms with Crippen molar-refractivity contribution in [2.75, 3.05) is 13.2 Å². The monoisotopic (exact) mass is 370 g/mol. The fraction of sp³-hybridized carbons (Fsp3) is 0.667. The quantitative estimate of drug-likeness (QED) is 0.554. The van der Waals surface area contributed by atoms with E-state index in [1.165, 1.54) is 0 Å². The highest BCUT2D eigenvalue weighted by atomic mass is 28.4. The van der Waals surface area contributed by atoms with Gasteiger partial charge in [-0.05, 0) is 53.3 Å². The smallest absolute Gasteiger partial charge is 0.374 e. The molecule has 0 aliphatic heterocycles. The highest BCUT2D eigenvalue weighted by Gasteiger charge is 2.51. The molecule has 0 aromatic heterocycles. The third kappa shape index (κ3) is 6.42. The van der Waals surface area contributed by atoms with E-state index in [1.807, 2.05) is 32.0 Å². The van der Waals surface area contributed by atoms with Gasteiger partial charge in [-0.25, -0.2) is 0 Å². The van der Waals surface area contributed by atoms with E-state index in [0.717, 1.165) is 10.9 Å². The Labute approximate surface area is 150 Å². The van der Waals surface area contributed by atoms with Gasteiger partial charge in [0.15, 0.2) is 0 Å². The molecule has 0 radical (unpaired) electrons. The largest absolute Gasteiger partial charge is 0.395 e. The van der Waals surface area contributed by atoms with Crippen LogP contribution in [0.2, 0.25) is 12.2 Å². The Morgan fingerprint density at radius 3 is 1.67 bits per heavy atom. The molecule has 0 unspecified atom stereocenters. The first-order valence-corrected chi connectivity index (χ1v) is 13.5. The van der Waals surface area contributed by atoms with Crippen molar-refractivity contribution in [3.8, 4) is 0 Å². The Morgan fingerprint density at radius 1 is 0.833 bits per heavy atom. The van der Waals surface area contributed by atoms with Crippen molar-refractivity contribution in [3.63, 3.8) is 0 Å². The zero-order valence-electron chi connectivity index (χ0n) is 16.3. The maximum absolute atomic E-state index is 6.51. The maximum Gasteiger partial charge on any atom is 0.374 e. The van der Waals surface area contributed by atoms with Gasteiger partial charge < -0.3 is 17.7 Å². The van der Waals surface area contributed by atoms with E-state index in [-0.39, 0.29) is 12.2 Å². The number of hydrogen-bond donors (Lipinski definition) is 0. The van der Waals surface area contributed by atoms with Crippen LogP contribution in [0.5, 0.6) is 0 Å². The molecule has 0 N–H and O–H groups in total. The van der Waals surface area contributed by atoms with Gasteiger partial charge in [0.1, 0.15) is 0 Å². The summed E-state index contributed by atoms with van der Waals surface area (Å²) in [6, 6.07) is 10.3. The third-order valence-electron chi connectivity index (χ3n) is 3.52. The molecular weight excluding hydrogens is 336 g/mol. The first kappa shape index (κ1) is 21.5. The van der Waals surface area contributed by atoms with Gasteiger partial charge in [0.25, 0.3) is 0 Å². The van der Waals surface area contributed by atoms with Crippen LogP contribution in [-0.2, 0) is 17.7 Å². The molecule has 1 aromatic carbocycles. The Kier molecular flexibility index (Phi) is 8.83. The Hall–Kier alpha value is -0.506. The number of rotatable bonds is 11. The second-order valence-electron chi connectivity index (χ2n) is 6.63. The molecule has 6 heteroatoms. The van der Waals surface area contributed by atoms with E-state index in [2.05, 4.69) is 46.4 Å². The lowest BCUT2D eigenvalue weighted by atomic mass is 10.4. The highest BCUT2D eigenvalue weighted by molar-refractivity contribution is 6.92. The second kappa shape index (κ2) is 9.84. The lowest BCUT2D eigenvalue weighted by molar-refractivity contribution is 0.112. The van der Waals surface area contributed by atoms with Crippen LogP contribution in [0.3, 0.4) is 0 Å². The van der Waals surface area contributed by atoms with Crippen molar-refractivity contribution in [1.82, 2.24) is 0 Å². The first-order valence-electron chi connectivity index (χ1n) is 8.96. The molecule has 0 fully saturated rings. The van der Waals surface area contributed by atoms with Crippen molar-refractivity contribution in [1.29, 1.82) is 0 Å². The summed E-state index contributed by atoms with van der Waals surface area (Å²) >= 11 is 0. The molecule has 0 amide bonds. The van der Waals surface area contributed by atoms with E-state index in [0.29, 0.717) is 13.2 Å². The minimum absolute atomic E-state index is 0.0807. The van der Waals surface area contributed by atoms with Crippen LogP contribution in [0.15, 0.2) is 30.3 Å². The van der Waals surface area contributed by atoms with Crippen LogP contribution < -0.4 is 5.19 Å². The molecular formula is C18H34O4Si2. The lowest BCUT2D eigenvalue weighted by Gasteiger charge is -2.39.